The average molecular weight is 1190 g/mol. The van der Waals surface area contributed by atoms with Gasteiger partial charge in [0.25, 0.3) is 11.8 Å². The SMILES string of the molecule is CCCOCCCCC(=O)COc1cccc([C@@H](CCc2ccc(C)c(C)c2)OC(=O)[C@@H]2CCCCN2C(=O)[C@@H](CC)c2cc(C)c(OC)c(OC)c2)c1.COCCOCCCCC(=O)COc1cccc2c1C(=O)N(C1CCC(=O)NC1=O)C2=O. The molecule has 1 unspecified atom stereocenters. The lowest BCUT2D eigenvalue weighted by atomic mass is 9.91. The minimum absolute atomic E-state index is 0.0241. The third kappa shape index (κ3) is 19.0. The summed E-state index contributed by atoms with van der Waals surface area (Å²) in [6.07, 6.45) is 8.19. The summed E-state index contributed by atoms with van der Waals surface area (Å²) >= 11 is 0. The van der Waals surface area contributed by atoms with Crippen molar-refractivity contribution in [2.75, 3.05) is 74.1 Å². The summed E-state index contributed by atoms with van der Waals surface area (Å²) in [6, 6.07) is 20.5. The molecule has 0 saturated carbocycles. The van der Waals surface area contributed by atoms with Crippen LogP contribution in [0.2, 0.25) is 0 Å². The highest BCUT2D eigenvalue weighted by Crippen LogP contribution is 2.38. The van der Waals surface area contributed by atoms with Crippen molar-refractivity contribution >= 4 is 47.1 Å². The molecule has 1 N–H and O–H groups in total. The van der Waals surface area contributed by atoms with Gasteiger partial charge < -0.3 is 42.8 Å². The largest absolute Gasteiger partial charge is 0.493 e. The molecule has 4 aromatic carbocycles. The molecule has 3 aliphatic heterocycles. The number of nitrogens with one attached hydrogen (secondary N) is 1. The summed E-state index contributed by atoms with van der Waals surface area (Å²) in [5.41, 5.74) is 6.22. The molecule has 0 bridgehead atoms. The average Bonchev–Trinajstić information content (AvgIpc) is 1.73. The molecule has 4 aromatic rings. The van der Waals surface area contributed by atoms with Gasteiger partial charge in [0.2, 0.25) is 17.7 Å². The fraction of sp³-hybridized carbons (Fsp3) is 0.522. The number of rotatable bonds is 33. The quantitative estimate of drug-likeness (QED) is 0.0266. The molecule has 19 heteroatoms. The van der Waals surface area contributed by atoms with E-state index in [9.17, 15) is 38.4 Å². The second-order valence-corrected chi connectivity index (χ2v) is 21.9. The van der Waals surface area contributed by atoms with Crippen LogP contribution in [-0.2, 0) is 54.1 Å². The van der Waals surface area contributed by atoms with Crippen molar-refractivity contribution in [1.29, 1.82) is 0 Å². The number of carbonyl (C=O) groups excluding carboxylic acids is 8. The molecular formula is C67H87N3O16. The van der Waals surface area contributed by atoms with Crippen LogP contribution in [0.4, 0.5) is 0 Å². The lowest BCUT2D eigenvalue weighted by Crippen LogP contribution is -2.54. The first kappa shape index (κ1) is 67.6. The molecule has 86 heavy (non-hydrogen) atoms. The van der Waals surface area contributed by atoms with Gasteiger partial charge in [0.1, 0.15) is 42.9 Å². The van der Waals surface area contributed by atoms with E-state index in [-0.39, 0.29) is 60.4 Å². The van der Waals surface area contributed by atoms with Crippen LogP contribution in [0.25, 0.3) is 0 Å². The number of fused-ring (bicyclic) bond motifs is 1. The molecule has 3 heterocycles. The molecule has 0 radical (unpaired) electrons. The van der Waals surface area contributed by atoms with Gasteiger partial charge in [-0.1, -0.05) is 56.3 Å². The fourth-order valence-electron chi connectivity index (χ4n) is 10.8. The first-order valence-corrected chi connectivity index (χ1v) is 30.2. The maximum Gasteiger partial charge on any atom is 0.329 e. The summed E-state index contributed by atoms with van der Waals surface area (Å²) in [4.78, 5) is 105. The summed E-state index contributed by atoms with van der Waals surface area (Å²) < 4.78 is 44.8. The molecule has 19 nitrogen and oxygen atoms in total. The van der Waals surface area contributed by atoms with E-state index < -0.39 is 53.7 Å². The van der Waals surface area contributed by atoms with Crippen molar-refractivity contribution < 1.29 is 76.3 Å². The zero-order valence-electron chi connectivity index (χ0n) is 51.4. The van der Waals surface area contributed by atoms with Crippen molar-refractivity contribution in [2.24, 2.45) is 0 Å². The third-order valence-corrected chi connectivity index (χ3v) is 15.6. The molecule has 4 atom stereocenters. The van der Waals surface area contributed by atoms with Crippen LogP contribution in [0.1, 0.15) is 170 Å². The number of likely N-dealkylation sites (tertiary alicyclic amines) is 1. The van der Waals surface area contributed by atoms with Gasteiger partial charge in [0.15, 0.2) is 23.1 Å². The van der Waals surface area contributed by atoms with Crippen LogP contribution in [0, 0.1) is 20.8 Å². The smallest absolute Gasteiger partial charge is 0.329 e. The highest BCUT2D eigenvalue weighted by atomic mass is 16.5. The number of benzene rings is 4. The van der Waals surface area contributed by atoms with Gasteiger partial charge in [-0.25, -0.2) is 4.79 Å². The van der Waals surface area contributed by atoms with Crippen LogP contribution >= 0.6 is 0 Å². The monoisotopic (exact) mass is 1190 g/mol. The zero-order valence-corrected chi connectivity index (χ0v) is 51.4. The first-order chi connectivity index (χ1) is 41.5. The maximum atomic E-state index is 14.3. The van der Waals surface area contributed by atoms with Crippen molar-refractivity contribution in [3.8, 4) is 23.0 Å². The highest BCUT2D eigenvalue weighted by molar-refractivity contribution is 6.24. The molecular weight excluding hydrogens is 1100 g/mol. The Kier molecular flexibility index (Phi) is 27.2. The number of nitrogens with zero attached hydrogens (tertiary/aromatic N) is 2. The van der Waals surface area contributed by atoms with E-state index in [2.05, 4.69) is 44.3 Å². The topological polar surface area (TPSA) is 229 Å². The Morgan fingerprint density at radius 1 is 0.674 bits per heavy atom. The van der Waals surface area contributed by atoms with E-state index in [4.69, 9.17) is 37.9 Å². The third-order valence-electron chi connectivity index (χ3n) is 15.6. The Morgan fingerprint density at radius 3 is 2.07 bits per heavy atom. The van der Waals surface area contributed by atoms with Crippen LogP contribution in [-0.4, -0.2) is 143 Å². The fourth-order valence-corrected chi connectivity index (χ4v) is 10.8. The molecule has 2 saturated heterocycles. The van der Waals surface area contributed by atoms with Crippen molar-refractivity contribution in [3.63, 3.8) is 0 Å². The number of hydrogen-bond donors (Lipinski definition) is 1. The number of ketones is 2. The van der Waals surface area contributed by atoms with Gasteiger partial charge in [0.05, 0.1) is 44.5 Å². The predicted molar refractivity (Wildman–Crippen MR) is 322 cm³/mol. The Bertz CT molecular complexity index is 2980. The first-order valence-electron chi connectivity index (χ1n) is 30.2. The van der Waals surface area contributed by atoms with E-state index >= 15 is 0 Å². The second-order valence-electron chi connectivity index (χ2n) is 21.9. The molecule has 7 rings (SSSR count). The minimum Gasteiger partial charge on any atom is -0.493 e. The van der Waals surface area contributed by atoms with Crippen molar-refractivity contribution in [3.05, 3.63) is 117 Å². The number of ether oxygens (including phenoxy) is 8. The number of hydrogen-bond acceptors (Lipinski definition) is 16. The number of esters is 1. The number of piperidine rings is 2. The van der Waals surface area contributed by atoms with E-state index in [1.807, 2.05) is 50.2 Å². The van der Waals surface area contributed by atoms with Crippen molar-refractivity contribution in [1.82, 2.24) is 15.1 Å². The lowest BCUT2D eigenvalue weighted by Gasteiger charge is -2.37. The van der Waals surface area contributed by atoms with Crippen molar-refractivity contribution in [2.45, 2.75) is 155 Å². The summed E-state index contributed by atoms with van der Waals surface area (Å²) in [7, 11) is 4.79. The van der Waals surface area contributed by atoms with Gasteiger partial charge in [-0.05, 0) is 162 Å². The second kappa shape index (κ2) is 34.6. The number of carbonyl (C=O) groups is 8. The van der Waals surface area contributed by atoms with E-state index in [1.165, 1.54) is 23.3 Å². The Morgan fingerprint density at radius 2 is 1.40 bits per heavy atom. The minimum atomic E-state index is -1.05. The Labute approximate surface area is 506 Å². The number of Topliss-reactive ketones (excluding diaryl/α,β-unsaturated/α-hetero) is 2. The van der Waals surface area contributed by atoms with E-state index in [0.717, 1.165) is 72.3 Å². The van der Waals surface area contributed by atoms with Gasteiger partial charge >= 0.3 is 5.97 Å². The standard InChI is InChI=1S/C45H61NO8.C22H26N2O8/c1-8-24-52-25-13-11-16-37(47)30-53-38-17-14-15-35(28-38)41(22-21-34-20-19-31(3)32(4)26-34)54-45(49)40-18-10-12-23-46(40)44(48)39(9-2)36-27-33(5)43(51-7)42(29-36)50-6;1-30-11-12-31-10-3-2-5-14(25)13-32-17-7-4-6-15-19(17)22(29)24(21(15)28)16-8-9-18(26)23-20(16)27/h14-15,17,19-20,26-29,39-41H,8-13,16,18,21-25,30H2,1-7H3;4,6-7,16H,2-3,5,8-13H2,1H3,(H,23,26,27)/t39-,40-,41+;/m0./s1. The molecule has 0 aromatic heterocycles. The zero-order chi connectivity index (χ0) is 62.1. The van der Waals surface area contributed by atoms with Gasteiger partial charge in [-0.2, -0.15) is 0 Å². The van der Waals surface area contributed by atoms with E-state index in [0.29, 0.717) is 95.2 Å². The number of aryl methyl sites for hydroxylation is 4. The highest BCUT2D eigenvalue weighted by Gasteiger charge is 2.46. The molecule has 0 spiro atoms. The predicted octanol–water partition coefficient (Wildman–Crippen LogP) is 9.83. The van der Waals surface area contributed by atoms with Gasteiger partial charge in [-0.3, -0.25) is 43.8 Å². The molecule has 5 amide bonds. The van der Waals surface area contributed by atoms with Crippen LogP contribution in [0.5, 0.6) is 23.0 Å². The number of unbranched alkanes of at least 4 members (excludes halogenated alkanes) is 2. The number of amides is 5. The summed E-state index contributed by atoms with van der Waals surface area (Å²) in [6.45, 7) is 13.4. The van der Waals surface area contributed by atoms with Gasteiger partial charge in [-0.15, -0.1) is 0 Å². The summed E-state index contributed by atoms with van der Waals surface area (Å²) in [5, 5.41) is 2.15. The molecule has 2 fully saturated rings. The summed E-state index contributed by atoms with van der Waals surface area (Å²) in [5.74, 6) is -1.60. The molecule has 466 valence electrons. The van der Waals surface area contributed by atoms with Crippen LogP contribution in [0.3, 0.4) is 0 Å². The van der Waals surface area contributed by atoms with Crippen LogP contribution < -0.4 is 24.3 Å². The molecule has 0 aliphatic carbocycles. The van der Waals surface area contributed by atoms with Gasteiger partial charge in [0, 0.05) is 52.7 Å². The maximum absolute atomic E-state index is 14.3. The number of imide groups is 2. The number of methoxy groups -OCH3 is 3. The van der Waals surface area contributed by atoms with Crippen LogP contribution in [0.15, 0.2) is 72.8 Å². The lowest BCUT2D eigenvalue weighted by molar-refractivity contribution is -0.162. The Balaban J connectivity index is 0.000000313. The normalized spacial score (nSPS) is 16.3. The Hall–Kier alpha value is -7.48. The van der Waals surface area contributed by atoms with E-state index in [1.54, 1.807) is 32.3 Å². The molecule has 3 aliphatic rings.